The van der Waals surface area contributed by atoms with Crippen LogP contribution >= 0.6 is 11.3 Å². The highest BCUT2D eigenvalue weighted by Gasteiger charge is 2.27. The van der Waals surface area contributed by atoms with Gasteiger partial charge in [0.25, 0.3) is 0 Å². The minimum absolute atomic E-state index is 0.211. The van der Waals surface area contributed by atoms with Gasteiger partial charge in [0.1, 0.15) is 6.10 Å². The Labute approximate surface area is 185 Å². The number of nitrogens with zero attached hydrogens (tertiary/aromatic N) is 5. The van der Waals surface area contributed by atoms with Crippen molar-refractivity contribution in [2.24, 2.45) is 5.73 Å². The SMILES string of the molecule is Cc1ncc(CN2CCO[C@H](c3nc(N(C)C)ncc3-c3cccc(C(N)=O)c3)C2)s1. The second-order valence-electron chi connectivity index (χ2n) is 7.75. The molecule has 1 atom stereocenters. The van der Waals surface area contributed by atoms with Crippen LogP contribution < -0.4 is 10.6 Å². The molecule has 8 nitrogen and oxygen atoms in total. The van der Waals surface area contributed by atoms with E-state index in [4.69, 9.17) is 15.5 Å². The summed E-state index contributed by atoms with van der Waals surface area (Å²) in [5.74, 6) is 0.151. The van der Waals surface area contributed by atoms with Gasteiger partial charge in [0.05, 0.1) is 17.3 Å². The predicted octanol–water partition coefficient (Wildman–Crippen LogP) is 2.65. The number of amides is 1. The number of aryl methyl sites for hydroxylation is 1. The van der Waals surface area contributed by atoms with Crippen molar-refractivity contribution in [1.29, 1.82) is 0 Å². The Balaban J connectivity index is 1.67. The van der Waals surface area contributed by atoms with Crippen molar-refractivity contribution in [3.05, 3.63) is 57.8 Å². The monoisotopic (exact) mass is 438 g/mol. The lowest BCUT2D eigenvalue weighted by Gasteiger charge is -2.33. The third-order valence-electron chi connectivity index (χ3n) is 5.17. The number of nitrogens with two attached hydrogens (primary N) is 1. The molecule has 0 radical (unpaired) electrons. The molecule has 1 amide bonds. The van der Waals surface area contributed by atoms with Crippen LogP contribution in [0.1, 0.15) is 32.0 Å². The summed E-state index contributed by atoms with van der Waals surface area (Å²) in [7, 11) is 3.82. The molecular formula is C22H26N6O2S. The Morgan fingerprint density at radius 1 is 1.32 bits per heavy atom. The molecule has 3 aromatic rings. The highest BCUT2D eigenvalue weighted by molar-refractivity contribution is 7.11. The van der Waals surface area contributed by atoms with Crippen LogP contribution in [0.25, 0.3) is 11.1 Å². The van der Waals surface area contributed by atoms with E-state index in [1.54, 1.807) is 29.7 Å². The number of carbonyl (C=O) groups is 1. The first-order valence-electron chi connectivity index (χ1n) is 10.1. The molecule has 3 heterocycles. The molecule has 0 unspecified atom stereocenters. The van der Waals surface area contributed by atoms with Crippen LogP contribution in [0, 0.1) is 6.92 Å². The summed E-state index contributed by atoms with van der Waals surface area (Å²) in [6.45, 7) is 5.04. The van der Waals surface area contributed by atoms with Gasteiger partial charge in [-0.1, -0.05) is 12.1 Å². The minimum atomic E-state index is -0.464. The number of rotatable bonds is 6. The third kappa shape index (κ3) is 4.90. The maximum Gasteiger partial charge on any atom is 0.248 e. The van der Waals surface area contributed by atoms with Crippen LogP contribution in [0.4, 0.5) is 5.95 Å². The predicted molar refractivity (Wildman–Crippen MR) is 121 cm³/mol. The van der Waals surface area contributed by atoms with Crippen LogP contribution in [-0.2, 0) is 11.3 Å². The summed E-state index contributed by atoms with van der Waals surface area (Å²) in [4.78, 5) is 30.8. The first kappa shape index (κ1) is 21.4. The fourth-order valence-electron chi connectivity index (χ4n) is 3.62. The average Bonchev–Trinajstić information content (AvgIpc) is 3.18. The molecule has 4 rings (SSSR count). The van der Waals surface area contributed by atoms with E-state index in [1.165, 1.54) is 4.88 Å². The van der Waals surface area contributed by atoms with Crippen molar-refractivity contribution in [2.45, 2.75) is 19.6 Å². The Bertz CT molecular complexity index is 1080. The standard InChI is InChI=1S/C22H26N6O2S/c1-14-24-10-17(31-14)12-28-7-8-30-19(13-28)20-18(11-25-22(26-20)27(2)3)15-5-4-6-16(9-15)21(23)29/h4-6,9-11,19H,7-8,12-13H2,1-3H3,(H2,23,29)/t19-/m0/s1. The van der Waals surface area contributed by atoms with E-state index >= 15 is 0 Å². The highest BCUT2D eigenvalue weighted by Crippen LogP contribution is 2.32. The number of morpholine rings is 1. The lowest BCUT2D eigenvalue weighted by Crippen LogP contribution is -2.38. The van der Waals surface area contributed by atoms with Crippen molar-refractivity contribution in [3.63, 3.8) is 0 Å². The zero-order valence-corrected chi connectivity index (χ0v) is 18.7. The van der Waals surface area contributed by atoms with Crippen LogP contribution in [0.5, 0.6) is 0 Å². The van der Waals surface area contributed by atoms with E-state index in [0.717, 1.165) is 34.9 Å². The number of anilines is 1. The molecule has 2 aromatic heterocycles. The maximum atomic E-state index is 11.7. The lowest BCUT2D eigenvalue weighted by atomic mass is 9.99. The van der Waals surface area contributed by atoms with Gasteiger partial charge >= 0.3 is 0 Å². The van der Waals surface area contributed by atoms with E-state index in [2.05, 4.69) is 14.9 Å². The Hall–Kier alpha value is -2.88. The van der Waals surface area contributed by atoms with Crippen molar-refractivity contribution < 1.29 is 9.53 Å². The molecule has 1 aliphatic rings. The quantitative estimate of drug-likeness (QED) is 0.632. The average molecular weight is 439 g/mol. The number of aromatic nitrogens is 3. The highest BCUT2D eigenvalue weighted by atomic mass is 32.1. The fraction of sp³-hybridized carbons (Fsp3) is 0.364. The van der Waals surface area contributed by atoms with Crippen LogP contribution in [0.2, 0.25) is 0 Å². The molecule has 0 saturated carbocycles. The zero-order chi connectivity index (χ0) is 22.0. The molecule has 162 valence electrons. The van der Waals surface area contributed by atoms with Crippen molar-refractivity contribution in [1.82, 2.24) is 19.9 Å². The topological polar surface area (TPSA) is 97.5 Å². The van der Waals surface area contributed by atoms with Crippen molar-refractivity contribution in [3.8, 4) is 11.1 Å². The van der Waals surface area contributed by atoms with Gasteiger partial charge in [-0.15, -0.1) is 11.3 Å². The molecular weight excluding hydrogens is 412 g/mol. The normalized spacial score (nSPS) is 16.9. The lowest BCUT2D eigenvalue weighted by molar-refractivity contribution is -0.0344. The second kappa shape index (κ2) is 9.09. The van der Waals surface area contributed by atoms with Gasteiger partial charge in [0.15, 0.2) is 0 Å². The molecule has 0 spiro atoms. The summed E-state index contributed by atoms with van der Waals surface area (Å²) in [5.41, 5.74) is 8.43. The fourth-order valence-corrected chi connectivity index (χ4v) is 4.46. The summed E-state index contributed by atoms with van der Waals surface area (Å²) in [6.07, 6.45) is 3.53. The Kier molecular flexibility index (Phi) is 6.26. The van der Waals surface area contributed by atoms with Crippen LogP contribution in [0.3, 0.4) is 0 Å². The number of primary amides is 1. The number of carbonyl (C=O) groups excluding carboxylic acids is 1. The molecule has 1 aromatic carbocycles. The molecule has 9 heteroatoms. The van der Waals surface area contributed by atoms with Gasteiger partial charge in [-0.3, -0.25) is 9.69 Å². The van der Waals surface area contributed by atoms with E-state index in [1.807, 2.05) is 44.2 Å². The smallest absolute Gasteiger partial charge is 0.248 e. The Morgan fingerprint density at radius 2 is 2.16 bits per heavy atom. The first-order valence-corrected chi connectivity index (χ1v) is 10.9. The number of hydrogen-bond donors (Lipinski definition) is 1. The van der Waals surface area contributed by atoms with Gasteiger partial charge in [-0.05, 0) is 24.6 Å². The van der Waals surface area contributed by atoms with Gasteiger partial charge in [0.2, 0.25) is 11.9 Å². The van der Waals surface area contributed by atoms with Crippen molar-refractivity contribution in [2.75, 3.05) is 38.7 Å². The van der Waals surface area contributed by atoms with Crippen molar-refractivity contribution >= 4 is 23.2 Å². The molecule has 1 saturated heterocycles. The van der Waals surface area contributed by atoms with Crippen LogP contribution in [-0.4, -0.2) is 59.6 Å². The van der Waals surface area contributed by atoms with Gasteiger partial charge < -0.3 is 15.4 Å². The molecule has 2 N–H and O–H groups in total. The molecule has 1 aliphatic heterocycles. The minimum Gasteiger partial charge on any atom is -0.369 e. The second-order valence-corrected chi connectivity index (χ2v) is 9.07. The largest absolute Gasteiger partial charge is 0.369 e. The van der Waals surface area contributed by atoms with Gasteiger partial charge in [-0.25, -0.2) is 15.0 Å². The third-order valence-corrected chi connectivity index (χ3v) is 6.07. The number of ether oxygens (including phenoxy) is 1. The number of benzene rings is 1. The van der Waals surface area contributed by atoms with E-state index in [-0.39, 0.29) is 6.10 Å². The molecule has 1 fully saturated rings. The van der Waals surface area contributed by atoms with E-state index in [0.29, 0.717) is 24.7 Å². The maximum absolute atomic E-state index is 11.7. The number of hydrogen-bond acceptors (Lipinski definition) is 8. The first-order chi connectivity index (χ1) is 14.9. The van der Waals surface area contributed by atoms with Gasteiger partial charge in [-0.2, -0.15) is 0 Å². The number of thiazole rings is 1. The summed E-state index contributed by atoms with van der Waals surface area (Å²) < 4.78 is 6.16. The van der Waals surface area contributed by atoms with E-state index < -0.39 is 5.91 Å². The summed E-state index contributed by atoms with van der Waals surface area (Å²) in [6, 6.07) is 7.24. The zero-order valence-electron chi connectivity index (χ0n) is 17.9. The van der Waals surface area contributed by atoms with Crippen LogP contribution in [0.15, 0.2) is 36.7 Å². The Morgan fingerprint density at radius 3 is 2.87 bits per heavy atom. The molecule has 0 bridgehead atoms. The summed E-state index contributed by atoms with van der Waals surface area (Å²) >= 11 is 1.72. The van der Waals surface area contributed by atoms with Gasteiger partial charge in [0, 0.05) is 62.1 Å². The molecule has 31 heavy (non-hydrogen) atoms. The van der Waals surface area contributed by atoms with E-state index in [9.17, 15) is 4.79 Å². The summed E-state index contributed by atoms with van der Waals surface area (Å²) in [5, 5.41) is 1.07. The molecule has 0 aliphatic carbocycles.